The third kappa shape index (κ3) is 2.94. The Morgan fingerprint density at radius 3 is 2.77 bits per heavy atom. The number of hydrazine groups is 1. The second-order valence-electron chi connectivity index (χ2n) is 4.21. The first kappa shape index (κ1) is 14.9. The van der Waals surface area contributed by atoms with E-state index in [9.17, 15) is 9.59 Å². The standard InChI is InChI=1S/C14H9N3O2S3/c18-8-15-17-13(19)11(22-14(17)20)6-10-7-21-12(16-10)9-4-2-1-3-5-9/h1-8H,(H,15,18)/b11-6-. The van der Waals surface area contributed by atoms with Crippen molar-refractivity contribution in [3.63, 3.8) is 0 Å². The number of carbonyl (C=O) groups is 2. The lowest BCUT2D eigenvalue weighted by atomic mass is 10.2. The van der Waals surface area contributed by atoms with E-state index in [-0.39, 0.29) is 5.91 Å². The topological polar surface area (TPSA) is 62.3 Å². The summed E-state index contributed by atoms with van der Waals surface area (Å²) < 4.78 is 0.293. The first-order valence-corrected chi connectivity index (χ1v) is 8.28. The van der Waals surface area contributed by atoms with E-state index >= 15 is 0 Å². The Morgan fingerprint density at radius 1 is 1.27 bits per heavy atom. The van der Waals surface area contributed by atoms with Crippen LogP contribution in [0.5, 0.6) is 0 Å². The molecule has 22 heavy (non-hydrogen) atoms. The highest BCUT2D eigenvalue weighted by Gasteiger charge is 2.32. The lowest BCUT2D eigenvalue weighted by Crippen LogP contribution is -2.40. The van der Waals surface area contributed by atoms with Crippen molar-refractivity contribution in [2.45, 2.75) is 0 Å². The fourth-order valence-corrected chi connectivity index (χ4v) is 3.79. The number of hydrogen-bond acceptors (Lipinski definition) is 6. The number of nitrogens with one attached hydrogen (secondary N) is 1. The SMILES string of the molecule is O=CNN1C(=O)/C(=C/c2csc(-c3ccccc3)n2)SC1=S. The molecule has 2 aromatic rings. The largest absolute Gasteiger partial charge is 0.285 e. The normalized spacial score (nSPS) is 16.4. The minimum Gasteiger partial charge on any atom is -0.277 e. The van der Waals surface area contributed by atoms with Gasteiger partial charge >= 0.3 is 0 Å². The molecule has 0 radical (unpaired) electrons. The molecule has 1 aliphatic heterocycles. The summed E-state index contributed by atoms with van der Waals surface area (Å²) in [5.74, 6) is -0.351. The van der Waals surface area contributed by atoms with Crippen LogP contribution in [0, 0.1) is 0 Å². The number of carbonyl (C=O) groups excluding carboxylic acids is 2. The maximum Gasteiger partial charge on any atom is 0.285 e. The number of nitrogens with zero attached hydrogens (tertiary/aromatic N) is 2. The molecule has 0 unspecified atom stereocenters. The van der Waals surface area contributed by atoms with Crippen molar-refractivity contribution >= 4 is 58.0 Å². The molecule has 0 aliphatic carbocycles. The monoisotopic (exact) mass is 347 g/mol. The highest BCUT2D eigenvalue weighted by atomic mass is 32.2. The maximum absolute atomic E-state index is 12.1. The lowest BCUT2D eigenvalue weighted by Gasteiger charge is -2.10. The van der Waals surface area contributed by atoms with Crippen LogP contribution in [0.25, 0.3) is 16.6 Å². The van der Waals surface area contributed by atoms with Crippen molar-refractivity contribution in [3.8, 4) is 10.6 Å². The zero-order chi connectivity index (χ0) is 15.5. The van der Waals surface area contributed by atoms with Crippen molar-refractivity contribution in [3.05, 3.63) is 46.3 Å². The molecule has 0 bridgehead atoms. The summed E-state index contributed by atoms with van der Waals surface area (Å²) in [5, 5.41) is 3.80. The van der Waals surface area contributed by atoms with Crippen LogP contribution in [0.1, 0.15) is 5.69 Å². The molecule has 1 aromatic carbocycles. The van der Waals surface area contributed by atoms with E-state index in [2.05, 4.69) is 10.4 Å². The van der Waals surface area contributed by atoms with Gasteiger partial charge in [-0.1, -0.05) is 42.1 Å². The fraction of sp³-hybridized carbons (Fsp3) is 0. The van der Waals surface area contributed by atoms with Crippen LogP contribution >= 0.6 is 35.3 Å². The molecule has 1 aromatic heterocycles. The van der Waals surface area contributed by atoms with Gasteiger partial charge in [0.25, 0.3) is 5.91 Å². The van der Waals surface area contributed by atoms with Crippen LogP contribution in [0.2, 0.25) is 0 Å². The fourth-order valence-electron chi connectivity index (χ4n) is 1.83. The summed E-state index contributed by atoms with van der Waals surface area (Å²) in [5.41, 5.74) is 3.99. The number of benzene rings is 1. The van der Waals surface area contributed by atoms with Gasteiger partial charge in [-0.25, -0.2) is 4.98 Å². The molecule has 8 heteroatoms. The summed E-state index contributed by atoms with van der Waals surface area (Å²) >= 11 is 7.68. The van der Waals surface area contributed by atoms with Crippen LogP contribution < -0.4 is 5.43 Å². The van der Waals surface area contributed by atoms with Crippen LogP contribution in [-0.4, -0.2) is 26.6 Å². The number of thiocarbonyl (C=S) groups is 1. The average molecular weight is 347 g/mol. The zero-order valence-corrected chi connectivity index (χ0v) is 13.5. The van der Waals surface area contributed by atoms with Crippen molar-refractivity contribution in [2.75, 3.05) is 0 Å². The van der Waals surface area contributed by atoms with Gasteiger partial charge in [-0.3, -0.25) is 15.0 Å². The molecule has 110 valence electrons. The quantitative estimate of drug-likeness (QED) is 0.523. The smallest absolute Gasteiger partial charge is 0.277 e. The summed E-state index contributed by atoms with van der Waals surface area (Å²) in [6.45, 7) is 0. The first-order valence-electron chi connectivity index (χ1n) is 6.18. The van der Waals surface area contributed by atoms with Gasteiger partial charge in [0.1, 0.15) is 5.01 Å². The van der Waals surface area contributed by atoms with Crippen molar-refractivity contribution < 1.29 is 9.59 Å². The van der Waals surface area contributed by atoms with Gasteiger partial charge < -0.3 is 0 Å². The summed E-state index contributed by atoms with van der Waals surface area (Å²) in [6, 6.07) is 9.81. The molecule has 0 saturated carbocycles. The van der Waals surface area contributed by atoms with Gasteiger partial charge in [0, 0.05) is 10.9 Å². The van der Waals surface area contributed by atoms with Crippen LogP contribution in [-0.2, 0) is 9.59 Å². The van der Waals surface area contributed by atoms with Gasteiger partial charge in [-0.2, -0.15) is 5.01 Å². The molecule has 1 aliphatic rings. The van der Waals surface area contributed by atoms with E-state index in [1.54, 1.807) is 6.08 Å². The molecular weight excluding hydrogens is 338 g/mol. The molecule has 2 amide bonds. The summed E-state index contributed by atoms with van der Waals surface area (Å²) in [7, 11) is 0. The Balaban J connectivity index is 1.85. The molecular formula is C14H9N3O2S3. The number of thiazole rings is 1. The summed E-state index contributed by atoms with van der Waals surface area (Å²) in [4.78, 5) is 27.5. The minimum atomic E-state index is -0.351. The third-order valence-electron chi connectivity index (χ3n) is 2.80. The molecule has 1 N–H and O–H groups in total. The molecule has 0 spiro atoms. The summed E-state index contributed by atoms with van der Waals surface area (Å²) in [6.07, 6.45) is 2.10. The van der Waals surface area contributed by atoms with Gasteiger partial charge in [0.05, 0.1) is 10.6 Å². The number of hydrogen-bond donors (Lipinski definition) is 1. The van der Waals surface area contributed by atoms with Gasteiger partial charge in [-0.05, 0) is 18.3 Å². The van der Waals surface area contributed by atoms with E-state index < -0.39 is 0 Å². The average Bonchev–Trinajstić information content (AvgIpc) is 3.09. The maximum atomic E-state index is 12.1. The Labute approximate surface area is 140 Å². The lowest BCUT2D eigenvalue weighted by molar-refractivity contribution is -0.128. The highest BCUT2D eigenvalue weighted by molar-refractivity contribution is 8.26. The molecule has 1 fully saturated rings. The van der Waals surface area contributed by atoms with E-state index in [1.165, 1.54) is 11.3 Å². The molecule has 1 saturated heterocycles. The molecule has 3 rings (SSSR count). The van der Waals surface area contributed by atoms with Crippen LogP contribution in [0.4, 0.5) is 0 Å². The number of aromatic nitrogens is 1. The van der Waals surface area contributed by atoms with Crippen molar-refractivity contribution in [2.24, 2.45) is 0 Å². The predicted octanol–water partition coefficient (Wildman–Crippen LogP) is 2.67. The second kappa shape index (κ2) is 6.39. The number of rotatable bonds is 4. The Morgan fingerprint density at radius 2 is 2.05 bits per heavy atom. The predicted molar refractivity (Wildman–Crippen MR) is 91.8 cm³/mol. The van der Waals surface area contributed by atoms with E-state index in [1.807, 2.05) is 35.7 Å². The molecule has 2 heterocycles. The number of amides is 2. The molecule has 5 nitrogen and oxygen atoms in total. The Hall–Kier alpha value is -2.03. The van der Waals surface area contributed by atoms with Gasteiger partial charge in [-0.15, -0.1) is 11.3 Å². The molecule has 0 atom stereocenters. The van der Waals surface area contributed by atoms with Gasteiger partial charge in [0.15, 0.2) is 4.32 Å². The first-order chi connectivity index (χ1) is 10.7. The number of thioether (sulfide) groups is 1. The zero-order valence-electron chi connectivity index (χ0n) is 11.1. The van der Waals surface area contributed by atoms with E-state index in [4.69, 9.17) is 12.2 Å². The second-order valence-corrected chi connectivity index (χ2v) is 6.74. The van der Waals surface area contributed by atoms with Crippen LogP contribution in [0.3, 0.4) is 0 Å². The highest BCUT2D eigenvalue weighted by Crippen LogP contribution is 2.32. The Kier molecular flexibility index (Phi) is 4.32. The van der Waals surface area contributed by atoms with Crippen molar-refractivity contribution in [1.82, 2.24) is 15.4 Å². The van der Waals surface area contributed by atoms with Crippen LogP contribution in [0.15, 0.2) is 40.6 Å². The third-order valence-corrected chi connectivity index (χ3v) is 5.01. The van der Waals surface area contributed by atoms with Crippen molar-refractivity contribution in [1.29, 1.82) is 0 Å². The van der Waals surface area contributed by atoms with E-state index in [0.29, 0.717) is 21.3 Å². The Bertz CT molecular complexity index is 771. The van der Waals surface area contributed by atoms with Gasteiger partial charge in [0.2, 0.25) is 6.41 Å². The van der Waals surface area contributed by atoms with E-state index in [0.717, 1.165) is 27.3 Å². The minimum absolute atomic E-state index is 0.293.